The molecule has 0 spiro atoms. The molecule has 1 aliphatic heterocycles. The van der Waals surface area contributed by atoms with Gasteiger partial charge in [0.1, 0.15) is 29.7 Å². The lowest BCUT2D eigenvalue weighted by Crippen LogP contribution is -2.44. The second kappa shape index (κ2) is 13.4. The molecular weight excluding hydrogens is 574 g/mol. The predicted octanol–water partition coefficient (Wildman–Crippen LogP) is 6.37. The van der Waals surface area contributed by atoms with Crippen LogP contribution in [0.15, 0.2) is 106 Å². The first-order valence-electron chi connectivity index (χ1n) is 14.6. The molecule has 1 unspecified atom stereocenters. The highest BCUT2D eigenvalue weighted by Crippen LogP contribution is 2.35. The number of nitrogens with one attached hydrogen (secondary N) is 1. The van der Waals surface area contributed by atoms with Gasteiger partial charge in [-0.15, -0.1) is 0 Å². The highest BCUT2D eigenvalue weighted by molar-refractivity contribution is 5.87. The van der Waals surface area contributed by atoms with Gasteiger partial charge < -0.3 is 28.7 Å². The standard InChI is InChI=1S/C36H31NO8/c1-23-33(26-13-16-30-32(20-26)42-18-8-17-41-30)34(38)28-15-14-27(21-31(28)44-23)45-35(39)29(19-24-9-4-2-5-10-24)37-36(40)43-22-25-11-6-3-7-12-25/h2-7,9-16,20-21,29H,8,17-19,22H2,1H3,(H,37,40). The Morgan fingerprint density at radius 2 is 1.56 bits per heavy atom. The number of benzene rings is 4. The van der Waals surface area contributed by atoms with Crippen LogP contribution < -0.4 is 25.0 Å². The molecule has 9 nitrogen and oxygen atoms in total. The van der Waals surface area contributed by atoms with Crippen LogP contribution in [0.4, 0.5) is 4.79 Å². The van der Waals surface area contributed by atoms with E-state index >= 15 is 0 Å². The van der Waals surface area contributed by atoms with Gasteiger partial charge in [0.15, 0.2) is 11.5 Å². The zero-order valence-corrected chi connectivity index (χ0v) is 24.6. The van der Waals surface area contributed by atoms with E-state index in [1.54, 1.807) is 31.2 Å². The number of ether oxygens (including phenoxy) is 4. The number of rotatable bonds is 8. The Morgan fingerprint density at radius 1 is 0.844 bits per heavy atom. The summed E-state index contributed by atoms with van der Waals surface area (Å²) < 4.78 is 28.6. The Labute approximate surface area is 259 Å². The van der Waals surface area contributed by atoms with Gasteiger partial charge in [-0.3, -0.25) is 4.79 Å². The van der Waals surface area contributed by atoms with Crippen molar-refractivity contribution < 1.29 is 33.0 Å². The Hall–Kier alpha value is -5.57. The number of amides is 1. The minimum absolute atomic E-state index is 0.0527. The van der Waals surface area contributed by atoms with Crippen LogP contribution in [-0.4, -0.2) is 31.3 Å². The fraction of sp³-hybridized carbons (Fsp3) is 0.194. The third-order valence-electron chi connectivity index (χ3n) is 7.37. The number of esters is 1. The molecule has 1 atom stereocenters. The molecule has 1 amide bonds. The van der Waals surface area contributed by atoms with Gasteiger partial charge >= 0.3 is 12.1 Å². The lowest BCUT2D eigenvalue weighted by Gasteiger charge is -2.18. The zero-order valence-electron chi connectivity index (χ0n) is 24.6. The van der Waals surface area contributed by atoms with Crippen LogP contribution in [0, 0.1) is 6.92 Å². The second-order valence-corrected chi connectivity index (χ2v) is 10.6. The van der Waals surface area contributed by atoms with E-state index in [1.165, 1.54) is 12.1 Å². The predicted molar refractivity (Wildman–Crippen MR) is 168 cm³/mol. The van der Waals surface area contributed by atoms with Crippen molar-refractivity contribution in [3.63, 3.8) is 0 Å². The van der Waals surface area contributed by atoms with Gasteiger partial charge in [-0.05, 0) is 47.9 Å². The molecule has 1 N–H and O–H groups in total. The molecule has 0 bridgehead atoms. The number of carbonyl (C=O) groups excluding carboxylic acids is 2. The third kappa shape index (κ3) is 6.99. The molecule has 0 fully saturated rings. The first-order valence-corrected chi connectivity index (χ1v) is 14.6. The molecule has 0 saturated carbocycles. The average molecular weight is 606 g/mol. The van der Waals surface area contributed by atoms with E-state index in [0.29, 0.717) is 47.0 Å². The van der Waals surface area contributed by atoms with Gasteiger partial charge in [0.05, 0.1) is 24.2 Å². The maximum atomic E-state index is 13.6. The van der Waals surface area contributed by atoms with Crippen molar-refractivity contribution in [2.75, 3.05) is 13.2 Å². The highest BCUT2D eigenvalue weighted by atomic mass is 16.6. The number of hydrogen-bond donors (Lipinski definition) is 1. The van der Waals surface area contributed by atoms with Gasteiger partial charge in [-0.1, -0.05) is 66.7 Å². The molecule has 45 heavy (non-hydrogen) atoms. The Bertz CT molecular complexity index is 1890. The van der Waals surface area contributed by atoms with Gasteiger partial charge in [-0.25, -0.2) is 9.59 Å². The summed E-state index contributed by atoms with van der Waals surface area (Å²) in [4.78, 5) is 39.6. The topological polar surface area (TPSA) is 113 Å². The Morgan fingerprint density at radius 3 is 2.31 bits per heavy atom. The van der Waals surface area contributed by atoms with Gasteiger partial charge in [0.25, 0.3) is 0 Å². The van der Waals surface area contributed by atoms with Crippen LogP contribution in [-0.2, 0) is 22.6 Å². The minimum atomic E-state index is -1.04. The summed E-state index contributed by atoms with van der Waals surface area (Å²) in [5, 5.41) is 2.96. The van der Waals surface area contributed by atoms with Crippen molar-refractivity contribution in [3.05, 3.63) is 124 Å². The fourth-order valence-electron chi connectivity index (χ4n) is 5.14. The van der Waals surface area contributed by atoms with Crippen molar-refractivity contribution >= 4 is 23.0 Å². The van der Waals surface area contributed by atoms with Crippen LogP contribution in [0.25, 0.3) is 22.1 Å². The molecule has 5 aromatic rings. The highest BCUT2D eigenvalue weighted by Gasteiger charge is 2.25. The number of alkyl carbamates (subject to hydrolysis) is 1. The third-order valence-corrected chi connectivity index (χ3v) is 7.37. The van der Waals surface area contributed by atoms with Crippen LogP contribution >= 0.6 is 0 Å². The lowest BCUT2D eigenvalue weighted by molar-refractivity contribution is -0.136. The minimum Gasteiger partial charge on any atom is -0.490 e. The molecule has 4 aromatic carbocycles. The van der Waals surface area contributed by atoms with E-state index in [9.17, 15) is 14.4 Å². The number of carbonyl (C=O) groups is 2. The maximum absolute atomic E-state index is 13.6. The summed E-state index contributed by atoms with van der Waals surface area (Å²) in [6.07, 6.45) is 0.204. The summed E-state index contributed by atoms with van der Waals surface area (Å²) in [7, 11) is 0. The first kappa shape index (κ1) is 29.5. The van der Waals surface area contributed by atoms with Crippen LogP contribution in [0.3, 0.4) is 0 Å². The quantitative estimate of drug-likeness (QED) is 0.160. The van der Waals surface area contributed by atoms with Crippen LogP contribution in [0.2, 0.25) is 0 Å². The lowest BCUT2D eigenvalue weighted by atomic mass is 10.0. The number of fused-ring (bicyclic) bond motifs is 2. The van der Waals surface area contributed by atoms with Crippen molar-refractivity contribution in [1.29, 1.82) is 0 Å². The van der Waals surface area contributed by atoms with Gasteiger partial charge in [0, 0.05) is 18.9 Å². The van der Waals surface area contributed by atoms with E-state index in [4.69, 9.17) is 23.4 Å². The summed E-state index contributed by atoms with van der Waals surface area (Å²) >= 11 is 0. The molecular formula is C36H31NO8. The van der Waals surface area contributed by atoms with Crippen molar-refractivity contribution in [2.45, 2.75) is 32.4 Å². The van der Waals surface area contributed by atoms with E-state index in [0.717, 1.165) is 17.5 Å². The summed E-state index contributed by atoms with van der Waals surface area (Å²) in [5.74, 6) is 1.08. The Balaban J connectivity index is 1.22. The largest absolute Gasteiger partial charge is 0.490 e. The second-order valence-electron chi connectivity index (χ2n) is 10.6. The molecule has 228 valence electrons. The monoisotopic (exact) mass is 605 g/mol. The van der Waals surface area contributed by atoms with E-state index in [-0.39, 0.29) is 29.8 Å². The molecule has 0 aliphatic carbocycles. The van der Waals surface area contributed by atoms with E-state index in [1.807, 2.05) is 60.7 Å². The fourth-order valence-corrected chi connectivity index (χ4v) is 5.14. The smallest absolute Gasteiger partial charge is 0.408 e. The van der Waals surface area contributed by atoms with Crippen molar-refractivity contribution in [3.8, 4) is 28.4 Å². The molecule has 0 saturated heterocycles. The molecule has 6 rings (SSSR count). The molecule has 1 aliphatic rings. The van der Waals surface area contributed by atoms with Crippen molar-refractivity contribution in [1.82, 2.24) is 5.32 Å². The normalized spacial score (nSPS) is 13.0. The van der Waals surface area contributed by atoms with Crippen molar-refractivity contribution in [2.24, 2.45) is 0 Å². The first-order chi connectivity index (χ1) is 21.9. The number of aryl methyl sites for hydroxylation is 1. The van der Waals surface area contributed by atoms with Crippen LogP contribution in [0.5, 0.6) is 17.2 Å². The molecule has 1 aromatic heterocycles. The molecule has 9 heteroatoms. The van der Waals surface area contributed by atoms with Crippen LogP contribution in [0.1, 0.15) is 23.3 Å². The summed E-state index contributed by atoms with van der Waals surface area (Å²) in [6.45, 7) is 2.85. The average Bonchev–Trinajstić information content (AvgIpc) is 3.29. The SMILES string of the molecule is Cc1oc2cc(OC(=O)C(Cc3ccccc3)NC(=O)OCc3ccccc3)ccc2c(=O)c1-c1ccc2c(c1)OCCCO2. The van der Waals surface area contributed by atoms with Gasteiger partial charge in [0.2, 0.25) is 5.43 Å². The molecule has 2 heterocycles. The maximum Gasteiger partial charge on any atom is 0.408 e. The molecule has 0 radical (unpaired) electrons. The summed E-state index contributed by atoms with van der Waals surface area (Å²) in [6, 6.07) is 27.4. The van der Waals surface area contributed by atoms with E-state index < -0.39 is 18.1 Å². The Kier molecular flexibility index (Phi) is 8.77. The zero-order chi connectivity index (χ0) is 31.2. The number of hydrogen-bond acceptors (Lipinski definition) is 8. The van der Waals surface area contributed by atoms with E-state index in [2.05, 4.69) is 5.32 Å². The van der Waals surface area contributed by atoms with Gasteiger partial charge in [-0.2, -0.15) is 0 Å². The summed E-state index contributed by atoms with van der Waals surface area (Å²) in [5.41, 5.74) is 2.73.